The monoisotopic (exact) mass is 377 g/mol. The highest BCUT2D eigenvalue weighted by atomic mass is 79.9. The number of guanidine groups is 1. The Morgan fingerprint density at radius 3 is 2.68 bits per heavy atom. The van der Waals surface area contributed by atoms with Crippen LogP contribution in [0.1, 0.15) is 19.4 Å². The lowest BCUT2D eigenvalue weighted by Gasteiger charge is -2.13. The van der Waals surface area contributed by atoms with Gasteiger partial charge < -0.3 is 10.6 Å². The minimum atomic E-state index is 0.257. The molecule has 0 fully saturated rings. The molecular formula is C17H20BrN3S. The van der Waals surface area contributed by atoms with Crippen LogP contribution in [0.4, 0.5) is 11.4 Å². The second kappa shape index (κ2) is 8.25. The standard InChI is InChI=1S/C17H20BrN3S/c1-3-12-6-5-7-13(10-12)20-17(19)21-16-11-14(22-4-2)8-9-15(16)18/h5-11H,3-4H2,1-2H3,(H3,19,20,21). The smallest absolute Gasteiger partial charge is 0.197 e. The molecule has 116 valence electrons. The Morgan fingerprint density at radius 1 is 1.14 bits per heavy atom. The number of rotatable bonds is 5. The SMILES string of the molecule is CCSc1ccc(Br)c(NC(=N)Nc2cccc(CC)c2)c1. The molecule has 0 aliphatic carbocycles. The third-order valence-electron chi connectivity index (χ3n) is 3.11. The number of aryl methyl sites for hydroxylation is 1. The zero-order chi connectivity index (χ0) is 15.9. The molecule has 0 saturated heterocycles. The van der Waals surface area contributed by atoms with Gasteiger partial charge in [0.25, 0.3) is 0 Å². The Bertz CT molecular complexity index is 658. The van der Waals surface area contributed by atoms with Crippen molar-refractivity contribution in [3.63, 3.8) is 0 Å². The van der Waals surface area contributed by atoms with Crippen molar-refractivity contribution in [2.24, 2.45) is 0 Å². The van der Waals surface area contributed by atoms with Crippen molar-refractivity contribution in [3.8, 4) is 0 Å². The van der Waals surface area contributed by atoms with E-state index in [1.807, 2.05) is 18.2 Å². The van der Waals surface area contributed by atoms with E-state index in [9.17, 15) is 0 Å². The van der Waals surface area contributed by atoms with Crippen molar-refractivity contribution in [1.29, 1.82) is 5.41 Å². The Hall–Kier alpha value is -1.46. The van der Waals surface area contributed by atoms with E-state index in [2.05, 4.69) is 64.7 Å². The first-order chi connectivity index (χ1) is 10.6. The minimum absolute atomic E-state index is 0.257. The molecule has 0 unspecified atom stereocenters. The molecule has 3 N–H and O–H groups in total. The molecule has 2 rings (SSSR count). The van der Waals surface area contributed by atoms with Crippen LogP contribution in [-0.4, -0.2) is 11.7 Å². The highest BCUT2D eigenvalue weighted by Crippen LogP contribution is 2.28. The third kappa shape index (κ3) is 4.78. The van der Waals surface area contributed by atoms with Gasteiger partial charge >= 0.3 is 0 Å². The molecular weight excluding hydrogens is 358 g/mol. The molecule has 0 heterocycles. The molecule has 5 heteroatoms. The lowest BCUT2D eigenvalue weighted by molar-refractivity contribution is 1.14. The van der Waals surface area contributed by atoms with E-state index < -0.39 is 0 Å². The summed E-state index contributed by atoms with van der Waals surface area (Å²) in [5.74, 6) is 1.29. The fraction of sp³-hybridized carbons (Fsp3) is 0.235. The third-order valence-corrected chi connectivity index (χ3v) is 4.68. The maximum Gasteiger partial charge on any atom is 0.197 e. The molecule has 0 bridgehead atoms. The van der Waals surface area contributed by atoms with Gasteiger partial charge in [-0.3, -0.25) is 5.41 Å². The second-order valence-corrected chi connectivity index (χ2v) is 6.95. The first kappa shape index (κ1) is 16.9. The fourth-order valence-corrected chi connectivity index (χ4v) is 3.08. The van der Waals surface area contributed by atoms with Crippen LogP contribution < -0.4 is 10.6 Å². The van der Waals surface area contributed by atoms with E-state index in [4.69, 9.17) is 5.41 Å². The Balaban J connectivity index is 2.06. The summed E-state index contributed by atoms with van der Waals surface area (Å²) < 4.78 is 0.946. The average molecular weight is 378 g/mol. The van der Waals surface area contributed by atoms with E-state index in [1.54, 1.807) is 11.8 Å². The lowest BCUT2D eigenvalue weighted by Crippen LogP contribution is -2.20. The summed E-state index contributed by atoms with van der Waals surface area (Å²) in [5.41, 5.74) is 3.06. The maximum absolute atomic E-state index is 8.11. The molecule has 3 nitrogen and oxygen atoms in total. The van der Waals surface area contributed by atoms with E-state index in [1.165, 1.54) is 10.5 Å². The van der Waals surface area contributed by atoms with E-state index in [0.717, 1.165) is 28.0 Å². The lowest BCUT2D eigenvalue weighted by atomic mass is 10.1. The number of halogens is 1. The topological polar surface area (TPSA) is 47.9 Å². The molecule has 0 atom stereocenters. The molecule has 0 radical (unpaired) electrons. The van der Waals surface area contributed by atoms with Gasteiger partial charge in [0.2, 0.25) is 0 Å². The van der Waals surface area contributed by atoms with Crippen LogP contribution >= 0.6 is 27.7 Å². The van der Waals surface area contributed by atoms with Gasteiger partial charge in [-0.15, -0.1) is 11.8 Å². The highest BCUT2D eigenvalue weighted by Gasteiger charge is 2.05. The molecule has 0 aromatic heterocycles. The number of anilines is 2. The summed E-state index contributed by atoms with van der Waals surface area (Å²) in [5, 5.41) is 14.3. The highest BCUT2D eigenvalue weighted by molar-refractivity contribution is 9.10. The Kier molecular flexibility index (Phi) is 6.34. The molecule has 2 aromatic carbocycles. The van der Waals surface area contributed by atoms with Gasteiger partial charge in [-0.25, -0.2) is 0 Å². The van der Waals surface area contributed by atoms with Crippen LogP contribution in [0, 0.1) is 5.41 Å². The van der Waals surface area contributed by atoms with Crippen LogP contribution in [-0.2, 0) is 6.42 Å². The number of nitrogens with one attached hydrogen (secondary N) is 3. The summed E-state index contributed by atoms with van der Waals surface area (Å²) >= 11 is 5.30. The summed E-state index contributed by atoms with van der Waals surface area (Å²) in [4.78, 5) is 1.19. The summed E-state index contributed by atoms with van der Waals surface area (Å²) in [7, 11) is 0. The van der Waals surface area contributed by atoms with Crippen molar-refractivity contribution in [3.05, 3.63) is 52.5 Å². The number of benzene rings is 2. The zero-order valence-corrected chi connectivity index (χ0v) is 15.1. The van der Waals surface area contributed by atoms with Gasteiger partial charge in [0.1, 0.15) is 0 Å². The molecule has 0 spiro atoms. The summed E-state index contributed by atoms with van der Waals surface area (Å²) in [6.07, 6.45) is 0.984. The zero-order valence-electron chi connectivity index (χ0n) is 12.7. The quantitative estimate of drug-likeness (QED) is 0.362. The van der Waals surface area contributed by atoms with Crippen molar-refractivity contribution >= 4 is 45.0 Å². The second-order valence-electron chi connectivity index (χ2n) is 4.75. The van der Waals surface area contributed by atoms with Crippen LogP contribution in [0.5, 0.6) is 0 Å². The van der Waals surface area contributed by atoms with Gasteiger partial charge in [-0.05, 0) is 64.0 Å². The number of thioether (sulfide) groups is 1. The van der Waals surface area contributed by atoms with Crippen molar-refractivity contribution in [1.82, 2.24) is 0 Å². The first-order valence-corrected chi connectivity index (χ1v) is 9.04. The van der Waals surface area contributed by atoms with Crippen LogP contribution in [0.2, 0.25) is 0 Å². The van der Waals surface area contributed by atoms with E-state index >= 15 is 0 Å². The molecule has 2 aromatic rings. The van der Waals surface area contributed by atoms with E-state index in [0.29, 0.717) is 0 Å². The molecule has 0 aliphatic heterocycles. The van der Waals surface area contributed by atoms with Crippen molar-refractivity contribution in [2.45, 2.75) is 25.2 Å². The maximum atomic E-state index is 8.11. The van der Waals surface area contributed by atoms with Crippen LogP contribution in [0.15, 0.2) is 51.8 Å². The van der Waals surface area contributed by atoms with Crippen molar-refractivity contribution in [2.75, 3.05) is 16.4 Å². The first-order valence-electron chi connectivity index (χ1n) is 7.26. The summed E-state index contributed by atoms with van der Waals surface area (Å²) in [6.45, 7) is 4.25. The van der Waals surface area contributed by atoms with Gasteiger partial charge in [0.15, 0.2) is 5.96 Å². The molecule has 22 heavy (non-hydrogen) atoms. The molecule has 0 saturated carbocycles. The largest absolute Gasteiger partial charge is 0.326 e. The van der Waals surface area contributed by atoms with Gasteiger partial charge in [-0.2, -0.15) is 0 Å². The summed E-state index contributed by atoms with van der Waals surface area (Å²) in [6, 6.07) is 14.3. The van der Waals surface area contributed by atoms with Gasteiger partial charge in [0, 0.05) is 15.1 Å². The number of hydrogen-bond acceptors (Lipinski definition) is 2. The molecule has 0 aliphatic rings. The predicted molar refractivity (Wildman–Crippen MR) is 101 cm³/mol. The predicted octanol–water partition coefficient (Wildman–Crippen LogP) is 5.58. The normalized spacial score (nSPS) is 10.3. The van der Waals surface area contributed by atoms with Crippen LogP contribution in [0.25, 0.3) is 0 Å². The number of hydrogen-bond donors (Lipinski definition) is 3. The van der Waals surface area contributed by atoms with Crippen molar-refractivity contribution < 1.29 is 0 Å². The average Bonchev–Trinajstić information content (AvgIpc) is 2.51. The molecule has 0 amide bonds. The van der Waals surface area contributed by atoms with Gasteiger partial charge in [0.05, 0.1) is 5.69 Å². The van der Waals surface area contributed by atoms with Crippen LogP contribution in [0.3, 0.4) is 0 Å². The van der Waals surface area contributed by atoms with Gasteiger partial charge in [-0.1, -0.05) is 26.0 Å². The minimum Gasteiger partial charge on any atom is -0.326 e. The fourth-order valence-electron chi connectivity index (χ4n) is 2.04. The van der Waals surface area contributed by atoms with E-state index in [-0.39, 0.29) is 5.96 Å². The Labute approximate surface area is 144 Å². The Morgan fingerprint density at radius 2 is 1.95 bits per heavy atom.